The van der Waals surface area contributed by atoms with Crippen LogP contribution in [0.4, 0.5) is 0 Å². The third-order valence-corrected chi connectivity index (χ3v) is 2.65. The number of aliphatic hydroxyl groups is 1. The van der Waals surface area contributed by atoms with E-state index < -0.39 is 18.2 Å². The normalized spacial score (nSPS) is 26.4. The van der Waals surface area contributed by atoms with Gasteiger partial charge in [0.25, 0.3) is 0 Å². The molecule has 1 saturated heterocycles. The summed E-state index contributed by atoms with van der Waals surface area (Å²) in [6.45, 7) is 2.65. The van der Waals surface area contributed by atoms with Gasteiger partial charge in [0.05, 0.1) is 0 Å². The zero-order valence-electron chi connectivity index (χ0n) is 9.18. The minimum absolute atomic E-state index is 0.00216. The molecule has 1 heterocycles. The van der Waals surface area contributed by atoms with Gasteiger partial charge in [-0.15, -0.1) is 0 Å². The largest absolute Gasteiger partial charge is 0.479 e. The van der Waals surface area contributed by atoms with Crippen LogP contribution in [0.3, 0.4) is 0 Å². The second kappa shape index (κ2) is 5.81. The summed E-state index contributed by atoms with van der Waals surface area (Å²) in [6.07, 6.45) is -1.01. The van der Waals surface area contributed by atoms with Gasteiger partial charge in [-0.05, 0) is 12.3 Å². The summed E-state index contributed by atoms with van der Waals surface area (Å²) < 4.78 is 5.24. The molecule has 3 atom stereocenters. The number of carboxylic acids is 1. The number of ether oxygens (including phenoxy) is 1. The van der Waals surface area contributed by atoms with Crippen molar-refractivity contribution in [3.8, 4) is 0 Å². The summed E-state index contributed by atoms with van der Waals surface area (Å²) in [5.74, 6) is -1.33. The number of amides is 1. The molecule has 3 unspecified atom stereocenters. The summed E-state index contributed by atoms with van der Waals surface area (Å²) in [7, 11) is 0. The average Bonchev–Trinajstić information content (AvgIpc) is 2.64. The van der Waals surface area contributed by atoms with Crippen LogP contribution in [0.25, 0.3) is 0 Å². The van der Waals surface area contributed by atoms with E-state index in [-0.39, 0.29) is 24.8 Å². The van der Waals surface area contributed by atoms with Crippen molar-refractivity contribution in [3.05, 3.63) is 0 Å². The molecular weight excluding hydrogens is 214 g/mol. The molecule has 0 aromatic heterocycles. The maximum atomic E-state index is 11.5. The van der Waals surface area contributed by atoms with Crippen molar-refractivity contribution in [2.45, 2.75) is 32.0 Å². The predicted octanol–water partition coefficient (Wildman–Crippen LogP) is -0.637. The maximum absolute atomic E-state index is 11.5. The molecular formula is C10H17NO5. The van der Waals surface area contributed by atoms with Gasteiger partial charge in [-0.1, -0.05) is 6.92 Å². The fourth-order valence-corrected chi connectivity index (χ4v) is 1.59. The summed E-state index contributed by atoms with van der Waals surface area (Å²) in [5.41, 5.74) is 0. The molecule has 1 aliphatic heterocycles. The topological polar surface area (TPSA) is 95.9 Å². The molecule has 0 saturated carbocycles. The first-order valence-electron chi connectivity index (χ1n) is 5.32. The molecule has 16 heavy (non-hydrogen) atoms. The maximum Gasteiger partial charge on any atom is 0.332 e. The van der Waals surface area contributed by atoms with Crippen molar-refractivity contribution < 1.29 is 24.5 Å². The van der Waals surface area contributed by atoms with Crippen molar-refractivity contribution >= 4 is 11.9 Å². The summed E-state index contributed by atoms with van der Waals surface area (Å²) in [4.78, 5) is 21.8. The van der Waals surface area contributed by atoms with Crippen molar-refractivity contribution in [1.29, 1.82) is 0 Å². The van der Waals surface area contributed by atoms with Gasteiger partial charge in [0.15, 0.2) is 6.10 Å². The van der Waals surface area contributed by atoms with E-state index in [2.05, 4.69) is 5.32 Å². The molecule has 1 amide bonds. The zero-order chi connectivity index (χ0) is 12.1. The minimum atomic E-state index is -1.43. The fourth-order valence-electron chi connectivity index (χ4n) is 1.59. The third-order valence-electron chi connectivity index (χ3n) is 2.65. The number of aliphatic carboxylic acids is 1. The summed E-state index contributed by atoms with van der Waals surface area (Å²) in [5, 5.41) is 19.9. The lowest BCUT2D eigenvalue weighted by Crippen LogP contribution is -2.39. The molecule has 0 aromatic carbocycles. The highest BCUT2D eigenvalue weighted by atomic mass is 16.5. The standard InChI is InChI=1S/C10H17NO5/c1-6-3-5-16-8(6)9(13)11-4-2-7(12)10(14)15/h6-8,12H,2-5H2,1H3,(H,11,13)(H,14,15). The number of nitrogens with one attached hydrogen (secondary N) is 1. The molecule has 92 valence electrons. The van der Waals surface area contributed by atoms with Gasteiger partial charge < -0.3 is 20.3 Å². The van der Waals surface area contributed by atoms with Crippen LogP contribution < -0.4 is 5.32 Å². The van der Waals surface area contributed by atoms with Gasteiger partial charge in [0.2, 0.25) is 5.91 Å². The van der Waals surface area contributed by atoms with Crippen LogP contribution >= 0.6 is 0 Å². The van der Waals surface area contributed by atoms with E-state index in [1.807, 2.05) is 6.92 Å². The predicted molar refractivity (Wildman–Crippen MR) is 54.8 cm³/mol. The summed E-state index contributed by atoms with van der Waals surface area (Å²) >= 11 is 0. The first-order chi connectivity index (χ1) is 7.52. The Hall–Kier alpha value is -1.14. The van der Waals surface area contributed by atoms with E-state index in [1.54, 1.807) is 0 Å². The zero-order valence-corrected chi connectivity index (χ0v) is 9.18. The van der Waals surface area contributed by atoms with Crippen LogP contribution in [0.1, 0.15) is 19.8 Å². The van der Waals surface area contributed by atoms with Crippen molar-refractivity contribution in [2.24, 2.45) is 5.92 Å². The SMILES string of the molecule is CC1CCOC1C(=O)NCCC(O)C(=O)O. The van der Waals surface area contributed by atoms with Gasteiger partial charge >= 0.3 is 5.97 Å². The Morgan fingerprint density at radius 2 is 2.25 bits per heavy atom. The van der Waals surface area contributed by atoms with E-state index in [1.165, 1.54) is 0 Å². The van der Waals surface area contributed by atoms with E-state index in [0.29, 0.717) is 6.61 Å². The van der Waals surface area contributed by atoms with Crippen LogP contribution in [0.2, 0.25) is 0 Å². The Balaban J connectivity index is 2.22. The van der Waals surface area contributed by atoms with Crippen LogP contribution in [-0.4, -0.2) is 47.4 Å². The fraction of sp³-hybridized carbons (Fsp3) is 0.800. The summed E-state index contributed by atoms with van der Waals surface area (Å²) in [6, 6.07) is 0. The first kappa shape index (κ1) is 12.9. The number of rotatable bonds is 5. The number of carbonyl (C=O) groups excluding carboxylic acids is 1. The highest BCUT2D eigenvalue weighted by Crippen LogP contribution is 2.19. The second-order valence-electron chi connectivity index (χ2n) is 3.99. The van der Waals surface area contributed by atoms with Crippen LogP contribution in [-0.2, 0) is 14.3 Å². The number of carboxylic acid groups (broad SMARTS) is 1. The Bertz CT molecular complexity index is 268. The second-order valence-corrected chi connectivity index (χ2v) is 3.99. The van der Waals surface area contributed by atoms with E-state index in [0.717, 1.165) is 6.42 Å². The molecule has 1 fully saturated rings. The molecule has 1 rings (SSSR count). The van der Waals surface area contributed by atoms with E-state index in [9.17, 15) is 9.59 Å². The Morgan fingerprint density at radius 3 is 2.75 bits per heavy atom. The Morgan fingerprint density at radius 1 is 1.56 bits per heavy atom. The monoisotopic (exact) mass is 231 g/mol. The number of hydrogen-bond acceptors (Lipinski definition) is 4. The molecule has 0 spiro atoms. The molecule has 3 N–H and O–H groups in total. The number of carbonyl (C=O) groups is 2. The third kappa shape index (κ3) is 3.46. The Labute approximate surface area is 93.6 Å². The lowest BCUT2D eigenvalue weighted by atomic mass is 10.0. The van der Waals surface area contributed by atoms with Crippen LogP contribution in [0.15, 0.2) is 0 Å². The average molecular weight is 231 g/mol. The lowest BCUT2D eigenvalue weighted by Gasteiger charge is -2.14. The van der Waals surface area contributed by atoms with Gasteiger partial charge in [-0.3, -0.25) is 4.79 Å². The minimum Gasteiger partial charge on any atom is -0.479 e. The lowest BCUT2D eigenvalue weighted by molar-refractivity contribution is -0.147. The van der Waals surface area contributed by atoms with Crippen molar-refractivity contribution in [3.63, 3.8) is 0 Å². The molecule has 0 aromatic rings. The molecule has 6 nitrogen and oxygen atoms in total. The smallest absolute Gasteiger partial charge is 0.332 e. The Kier molecular flexibility index (Phi) is 4.70. The first-order valence-corrected chi connectivity index (χ1v) is 5.32. The molecule has 0 bridgehead atoms. The van der Waals surface area contributed by atoms with Crippen LogP contribution in [0.5, 0.6) is 0 Å². The van der Waals surface area contributed by atoms with E-state index in [4.69, 9.17) is 14.9 Å². The molecule has 6 heteroatoms. The molecule has 1 aliphatic rings. The number of aliphatic hydroxyl groups excluding tert-OH is 1. The number of hydrogen-bond donors (Lipinski definition) is 3. The highest BCUT2D eigenvalue weighted by Gasteiger charge is 2.30. The van der Waals surface area contributed by atoms with Gasteiger partial charge in [-0.2, -0.15) is 0 Å². The van der Waals surface area contributed by atoms with Crippen LogP contribution in [0, 0.1) is 5.92 Å². The van der Waals surface area contributed by atoms with Crippen molar-refractivity contribution in [2.75, 3.05) is 13.2 Å². The van der Waals surface area contributed by atoms with Gasteiger partial charge in [-0.25, -0.2) is 4.79 Å². The van der Waals surface area contributed by atoms with Crippen molar-refractivity contribution in [1.82, 2.24) is 5.32 Å². The van der Waals surface area contributed by atoms with Gasteiger partial charge in [0.1, 0.15) is 6.10 Å². The molecule has 0 radical (unpaired) electrons. The quantitative estimate of drug-likeness (QED) is 0.585. The van der Waals surface area contributed by atoms with E-state index >= 15 is 0 Å². The molecule has 0 aliphatic carbocycles. The van der Waals surface area contributed by atoms with Gasteiger partial charge in [0, 0.05) is 19.6 Å². The highest BCUT2D eigenvalue weighted by molar-refractivity contribution is 5.81.